The molecule has 2 heterocycles. The minimum atomic E-state index is -1.19. The van der Waals surface area contributed by atoms with Gasteiger partial charge in [0, 0.05) is 26.1 Å². The zero-order valence-corrected chi connectivity index (χ0v) is 11.7. The highest BCUT2D eigenvalue weighted by molar-refractivity contribution is 5.91. The van der Waals surface area contributed by atoms with E-state index in [9.17, 15) is 4.79 Å². The van der Waals surface area contributed by atoms with Crippen molar-refractivity contribution >= 4 is 5.78 Å². The van der Waals surface area contributed by atoms with Crippen molar-refractivity contribution in [2.24, 2.45) is 11.3 Å². The molecule has 0 aromatic carbocycles. The number of methoxy groups -OCH3 is 2. The monoisotopic (exact) mass is 264 g/mol. The van der Waals surface area contributed by atoms with Gasteiger partial charge in [-0.25, -0.2) is 0 Å². The molecule has 5 rings (SSSR count). The maximum atomic E-state index is 12.5. The van der Waals surface area contributed by atoms with Gasteiger partial charge in [-0.3, -0.25) is 4.79 Å². The van der Waals surface area contributed by atoms with Crippen LogP contribution in [0.15, 0.2) is 11.6 Å². The van der Waals surface area contributed by atoms with Crippen molar-refractivity contribution in [2.75, 3.05) is 14.2 Å². The molecule has 4 bridgehead atoms. The predicted octanol–water partition coefficient (Wildman–Crippen LogP) is 1.83. The lowest BCUT2D eigenvalue weighted by molar-refractivity contribution is -0.193. The van der Waals surface area contributed by atoms with E-state index in [4.69, 9.17) is 14.2 Å². The van der Waals surface area contributed by atoms with Crippen molar-refractivity contribution in [3.05, 3.63) is 11.6 Å². The molecule has 2 saturated heterocycles. The lowest BCUT2D eigenvalue weighted by atomic mass is 9.63. The predicted molar refractivity (Wildman–Crippen MR) is 67.5 cm³/mol. The van der Waals surface area contributed by atoms with Crippen molar-refractivity contribution < 1.29 is 19.0 Å². The Morgan fingerprint density at radius 2 is 2.11 bits per heavy atom. The van der Waals surface area contributed by atoms with Crippen LogP contribution in [0.2, 0.25) is 0 Å². The summed E-state index contributed by atoms with van der Waals surface area (Å²) >= 11 is 0. The number of Topliss-reactive ketones (excluding diaryl/α,β-unsaturated/α-hetero) is 1. The second-order valence-corrected chi connectivity index (χ2v) is 6.79. The first-order chi connectivity index (χ1) is 8.97. The van der Waals surface area contributed by atoms with Gasteiger partial charge in [0.05, 0.1) is 11.7 Å². The fraction of sp³-hybridized carbons (Fsp3) is 0.800. The van der Waals surface area contributed by atoms with E-state index in [1.165, 1.54) is 19.8 Å². The SMILES string of the molecule is COC1(OC)C=C2C3CC4CC2(CC1=O)CC4(C)O3. The fourth-order valence-corrected chi connectivity index (χ4v) is 5.06. The van der Waals surface area contributed by atoms with Gasteiger partial charge in [-0.15, -0.1) is 0 Å². The lowest BCUT2D eigenvalue weighted by Crippen LogP contribution is -2.52. The molecule has 0 N–H and O–H groups in total. The summed E-state index contributed by atoms with van der Waals surface area (Å²) in [6, 6.07) is 0. The first kappa shape index (κ1) is 12.1. The Kier molecular flexibility index (Phi) is 2.09. The summed E-state index contributed by atoms with van der Waals surface area (Å²) in [6.45, 7) is 2.21. The van der Waals surface area contributed by atoms with Crippen molar-refractivity contribution in [1.29, 1.82) is 0 Å². The van der Waals surface area contributed by atoms with Gasteiger partial charge >= 0.3 is 0 Å². The highest BCUT2D eigenvalue weighted by atomic mass is 16.7. The number of hydrogen-bond donors (Lipinski definition) is 0. The average Bonchev–Trinajstić information content (AvgIpc) is 2.73. The summed E-state index contributed by atoms with van der Waals surface area (Å²) in [4.78, 5) is 12.5. The molecule has 4 unspecified atom stereocenters. The molecule has 0 aromatic rings. The quantitative estimate of drug-likeness (QED) is 0.564. The Balaban J connectivity index is 1.85. The van der Waals surface area contributed by atoms with Crippen LogP contribution in [0.1, 0.15) is 32.6 Å². The topological polar surface area (TPSA) is 44.8 Å². The van der Waals surface area contributed by atoms with E-state index < -0.39 is 5.79 Å². The van der Waals surface area contributed by atoms with E-state index in [0.717, 1.165) is 19.3 Å². The standard InChI is InChI=1S/C15H20O4/c1-13-8-14-5-9(13)4-11(19-13)10(14)6-15(17-2,18-3)12(16)7-14/h6,9,11H,4-5,7-8H2,1-3H3. The van der Waals surface area contributed by atoms with Gasteiger partial charge in [-0.2, -0.15) is 0 Å². The Hall–Kier alpha value is -0.710. The van der Waals surface area contributed by atoms with E-state index in [2.05, 4.69) is 6.92 Å². The Morgan fingerprint density at radius 3 is 2.74 bits per heavy atom. The minimum absolute atomic E-state index is 0.0115. The van der Waals surface area contributed by atoms with Crippen molar-refractivity contribution in [2.45, 2.75) is 50.1 Å². The molecule has 1 spiro atoms. The van der Waals surface area contributed by atoms with Crippen LogP contribution in [-0.4, -0.2) is 37.5 Å². The van der Waals surface area contributed by atoms with Gasteiger partial charge in [0.25, 0.3) is 0 Å². The second-order valence-electron chi connectivity index (χ2n) is 6.79. The summed E-state index contributed by atoms with van der Waals surface area (Å²) in [6.07, 6.45) is 5.75. The Morgan fingerprint density at radius 1 is 1.37 bits per heavy atom. The zero-order chi connectivity index (χ0) is 13.5. The molecule has 4 fully saturated rings. The molecule has 4 atom stereocenters. The largest absolute Gasteiger partial charge is 0.367 e. The van der Waals surface area contributed by atoms with Gasteiger partial charge in [0.2, 0.25) is 5.79 Å². The van der Waals surface area contributed by atoms with Gasteiger partial charge in [-0.1, -0.05) is 0 Å². The first-order valence-corrected chi connectivity index (χ1v) is 7.02. The number of ether oxygens (including phenoxy) is 3. The number of ketones is 1. The van der Waals surface area contributed by atoms with Gasteiger partial charge < -0.3 is 14.2 Å². The summed E-state index contributed by atoms with van der Waals surface area (Å²) < 4.78 is 17.0. The molecule has 3 aliphatic carbocycles. The molecule has 0 radical (unpaired) electrons. The van der Waals surface area contributed by atoms with E-state index in [-0.39, 0.29) is 22.9 Å². The molecule has 2 aliphatic heterocycles. The number of carbonyl (C=O) groups excluding carboxylic acids is 1. The average molecular weight is 264 g/mol. The summed E-state index contributed by atoms with van der Waals surface area (Å²) in [5, 5.41) is 0. The first-order valence-electron chi connectivity index (χ1n) is 7.02. The third-order valence-electron chi connectivity index (χ3n) is 5.90. The lowest BCUT2D eigenvalue weighted by Gasteiger charge is -2.47. The van der Waals surface area contributed by atoms with Crippen LogP contribution >= 0.6 is 0 Å². The molecule has 4 nitrogen and oxygen atoms in total. The van der Waals surface area contributed by atoms with Crippen LogP contribution in [0.4, 0.5) is 0 Å². The van der Waals surface area contributed by atoms with E-state index >= 15 is 0 Å². The highest BCUT2D eigenvalue weighted by Crippen LogP contribution is 2.68. The summed E-state index contributed by atoms with van der Waals surface area (Å²) in [5.41, 5.74) is 1.27. The third-order valence-corrected chi connectivity index (χ3v) is 5.90. The molecule has 0 amide bonds. The maximum Gasteiger partial charge on any atom is 0.249 e. The molecular weight excluding hydrogens is 244 g/mol. The molecule has 5 aliphatic rings. The summed E-state index contributed by atoms with van der Waals surface area (Å²) in [7, 11) is 3.06. The second kappa shape index (κ2) is 3.30. The number of carbonyl (C=O) groups is 1. The third kappa shape index (κ3) is 1.23. The van der Waals surface area contributed by atoms with Gasteiger partial charge in [-0.05, 0) is 43.8 Å². The van der Waals surface area contributed by atoms with Crippen LogP contribution < -0.4 is 0 Å². The van der Waals surface area contributed by atoms with Crippen LogP contribution in [0.5, 0.6) is 0 Å². The molecule has 19 heavy (non-hydrogen) atoms. The molecule has 104 valence electrons. The van der Waals surface area contributed by atoms with E-state index in [1.807, 2.05) is 6.08 Å². The maximum absolute atomic E-state index is 12.5. The Labute approximate surface area is 113 Å². The van der Waals surface area contributed by atoms with Crippen molar-refractivity contribution in [1.82, 2.24) is 0 Å². The Bertz CT molecular complexity index is 492. The van der Waals surface area contributed by atoms with Gasteiger partial charge in [0.15, 0.2) is 5.78 Å². The number of rotatable bonds is 2. The highest BCUT2D eigenvalue weighted by Gasteiger charge is 2.68. The molecule has 2 saturated carbocycles. The molecule has 4 heteroatoms. The summed E-state index contributed by atoms with van der Waals surface area (Å²) in [5.74, 6) is -0.530. The van der Waals surface area contributed by atoms with Crippen LogP contribution in [0, 0.1) is 11.3 Å². The fourth-order valence-electron chi connectivity index (χ4n) is 5.06. The normalized spacial score (nSPS) is 49.4. The van der Waals surface area contributed by atoms with E-state index in [1.54, 1.807) is 0 Å². The van der Waals surface area contributed by atoms with Crippen molar-refractivity contribution in [3.8, 4) is 0 Å². The van der Waals surface area contributed by atoms with Crippen LogP contribution in [0.25, 0.3) is 0 Å². The van der Waals surface area contributed by atoms with Gasteiger partial charge in [0.1, 0.15) is 0 Å². The molecular formula is C15H20O4. The zero-order valence-electron chi connectivity index (χ0n) is 11.7. The number of hydrogen-bond acceptors (Lipinski definition) is 4. The minimum Gasteiger partial charge on any atom is -0.367 e. The van der Waals surface area contributed by atoms with E-state index in [0.29, 0.717) is 12.3 Å². The van der Waals surface area contributed by atoms with Crippen molar-refractivity contribution in [3.63, 3.8) is 0 Å². The van der Waals surface area contributed by atoms with Crippen LogP contribution in [0.3, 0.4) is 0 Å². The molecule has 0 aromatic heterocycles. The smallest absolute Gasteiger partial charge is 0.249 e. The van der Waals surface area contributed by atoms with Crippen LogP contribution in [-0.2, 0) is 19.0 Å².